The molecule has 4 unspecified atom stereocenters. The van der Waals surface area contributed by atoms with Crippen molar-refractivity contribution in [3.63, 3.8) is 0 Å². The number of aliphatic hydroxyl groups is 5. The number of rotatable bonds is 14. The maximum Gasteiger partial charge on any atom is 0.434 e. The smallest absolute Gasteiger partial charge is 0.396 e. The van der Waals surface area contributed by atoms with Crippen LogP contribution in [0.1, 0.15) is 112 Å². The highest BCUT2D eigenvalue weighted by Crippen LogP contribution is 2.38. The Hall–Kier alpha value is -13.8. The lowest BCUT2D eigenvalue weighted by Crippen LogP contribution is -2.42. The second-order valence-corrected chi connectivity index (χ2v) is 31.9. The molecular weight excluding hydrogens is 1790 g/mol. The minimum atomic E-state index is -4.55. The second-order valence-electron chi connectivity index (χ2n) is 31.9. The predicted molar refractivity (Wildman–Crippen MR) is 451 cm³/mol. The van der Waals surface area contributed by atoms with Gasteiger partial charge in [0.05, 0.1) is 86.8 Å². The summed E-state index contributed by atoms with van der Waals surface area (Å²) in [6.07, 6.45) is 12.8. The van der Waals surface area contributed by atoms with Gasteiger partial charge >= 0.3 is 30.9 Å². The average Bonchev–Trinajstić information content (AvgIpc) is 1.64. The highest BCUT2D eigenvalue weighted by atomic mass is 19.4. The summed E-state index contributed by atoms with van der Waals surface area (Å²) in [5.74, 6) is 4.86. The third-order valence-corrected chi connectivity index (χ3v) is 22.9. The van der Waals surface area contributed by atoms with Crippen LogP contribution in [-0.4, -0.2) is 244 Å². The fourth-order valence-electron chi connectivity index (χ4n) is 16.1. The molecule has 20 rings (SSSR count). The van der Waals surface area contributed by atoms with Crippen LogP contribution in [-0.2, 0) is 30.9 Å². The quantitative estimate of drug-likeness (QED) is 0.0631. The summed E-state index contributed by atoms with van der Waals surface area (Å²) in [5, 5.41) is 47.8. The molecule has 20 heterocycles. The van der Waals surface area contributed by atoms with Crippen molar-refractivity contribution in [3.05, 3.63) is 183 Å². The first-order valence-corrected chi connectivity index (χ1v) is 42.4. The topological polar surface area (TPSA) is 397 Å². The van der Waals surface area contributed by atoms with Gasteiger partial charge in [-0.3, -0.25) is 22.0 Å². The molecule has 0 spiro atoms. The summed E-state index contributed by atoms with van der Waals surface area (Å²) in [7, 11) is 0. The summed E-state index contributed by atoms with van der Waals surface area (Å²) >= 11 is 0. The number of anilines is 5. The molecule has 0 amide bonds. The summed E-state index contributed by atoms with van der Waals surface area (Å²) in [5.41, 5.74) is -1.89. The van der Waals surface area contributed by atoms with E-state index in [1.54, 1.807) is 61.3 Å². The van der Waals surface area contributed by atoms with Gasteiger partial charge in [0.25, 0.3) is 0 Å². The minimum Gasteiger partial charge on any atom is -0.396 e. The van der Waals surface area contributed by atoms with E-state index in [9.17, 15) is 91.4 Å². The SMILES string of the molecule is OC1CCCN(c2ccnc(-c3cnc4cnc(C(F)(F)F)cn34)n2)C1.OC1CCN(c2ccnc(-c3cnc4cnc(C(F)(F)F)cn34)n2)CC1.OCC1CCCCN1c1ccnc(-c2cnc3cnc(C(F)(F)F)cn23)n1.OCC1CCCN(c2ccnc(-c3cnc4cnc(C(F)(F)F)cn34)n2)C1.OCCC1CCCCN1c1ccnc(-c2cnc3cnc(C(F)(F)F)cn23)n1. The number of alkyl halides is 15. The van der Waals surface area contributed by atoms with Crippen LogP contribution in [0.25, 0.3) is 85.8 Å². The number of imidazole rings is 5. The highest BCUT2D eigenvalue weighted by Gasteiger charge is 2.39. The van der Waals surface area contributed by atoms with Gasteiger partial charge in [0, 0.05) is 134 Å². The van der Waals surface area contributed by atoms with Crippen LogP contribution < -0.4 is 24.5 Å². The van der Waals surface area contributed by atoms with Crippen molar-refractivity contribution in [2.75, 3.05) is 96.7 Å². The van der Waals surface area contributed by atoms with Gasteiger partial charge in [0.1, 0.15) is 57.6 Å². The molecule has 5 aliphatic rings. The standard InChI is InChI=1S/C18H19F3N6O.2C17H17F3N6O.2C16H15F3N6O/c19-18(20,21)14-11-27-13(9-24-16(27)10-23-14)17-22-6-4-15(25-17)26-7-2-1-3-12(26)5-8-28;18-17(19,20)13-9-26-12(6-23-15(26)7-22-13)16-21-4-3-14(24-16)25-5-1-2-11(8-25)10-27;18-17(19,20)13-9-26-12(7-23-15(26)8-22-13)16-21-5-4-14(24-16)25-6-2-1-3-11(25)10-27;17-16(18,19)12-9-25-11(7-22-14(25)8-21-12)15-20-4-1-13(23-15)24-5-2-10(26)3-6-24;17-16(18,19)12-9-25-11(6-22-14(25)7-21-12)15-20-4-3-13(23-15)24-5-1-2-10(26)8-24/h4,6,9-12,28H,1-3,5,7-8H2;3-4,6-7,9,11,27H,1-2,5,8,10H2;4-5,7-9,11,27H,1-3,6,10H2;1,4,7-10,26H,2-3,5-6H2;3-4,6-7,9-10,26H,1-2,5,8H2. The van der Waals surface area contributed by atoms with Crippen molar-refractivity contribution < 1.29 is 91.4 Å². The van der Waals surface area contributed by atoms with E-state index in [2.05, 4.69) is 109 Å². The van der Waals surface area contributed by atoms with Crippen molar-refractivity contribution in [2.45, 2.75) is 139 Å². The maximum absolute atomic E-state index is 13.0. The Balaban J connectivity index is 0.000000122. The molecule has 5 fully saturated rings. The van der Waals surface area contributed by atoms with E-state index in [0.29, 0.717) is 103 Å². The first-order valence-electron chi connectivity index (χ1n) is 42.4. The number of hydrogen-bond donors (Lipinski definition) is 5. The molecule has 5 saturated heterocycles. The molecule has 5 N–H and O–H groups in total. The van der Waals surface area contributed by atoms with Crippen LogP contribution in [0.4, 0.5) is 94.9 Å². The van der Waals surface area contributed by atoms with E-state index in [1.807, 2.05) is 14.7 Å². The number of fused-ring (bicyclic) bond motifs is 5. The molecule has 0 bridgehead atoms. The molecule has 15 aromatic heterocycles. The van der Waals surface area contributed by atoms with Gasteiger partial charge in [0.15, 0.2) is 85.8 Å². The molecule has 0 aromatic carbocycles. The van der Waals surface area contributed by atoms with Gasteiger partial charge in [-0.05, 0) is 120 Å². The molecule has 0 aliphatic carbocycles. The van der Waals surface area contributed by atoms with Crippen LogP contribution in [0.5, 0.6) is 0 Å². The largest absolute Gasteiger partial charge is 0.434 e. The number of β-amino-alcohol motifs (C(OH)–C–C–N with tert-alkyl or cyclic N) is 1. The minimum absolute atomic E-state index is 0.0234. The molecule has 4 atom stereocenters. The van der Waals surface area contributed by atoms with E-state index < -0.39 is 65.5 Å². The average molecular weight is 1880 g/mol. The first kappa shape index (κ1) is 93.5. The van der Waals surface area contributed by atoms with Crippen LogP contribution >= 0.6 is 0 Å². The van der Waals surface area contributed by atoms with Gasteiger partial charge < -0.3 is 50.0 Å². The summed E-state index contributed by atoms with van der Waals surface area (Å²) < 4.78 is 201. The molecular formula is C84H83F15N30O5. The van der Waals surface area contributed by atoms with Crippen molar-refractivity contribution >= 4 is 57.3 Å². The fraction of sp³-hybridized carbons (Fsp3) is 0.405. The number of aliphatic hydroxyl groups excluding tert-OH is 5. The normalized spacial score (nSPS) is 17.9. The van der Waals surface area contributed by atoms with Gasteiger partial charge in [0.2, 0.25) is 0 Å². The fourth-order valence-corrected chi connectivity index (χ4v) is 16.1. The number of halogens is 15. The van der Waals surface area contributed by atoms with E-state index in [-0.39, 0.29) is 101 Å². The molecule has 0 saturated carbocycles. The van der Waals surface area contributed by atoms with Gasteiger partial charge in [-0.25, -0.2) is 99.7 Å². The van der Waals surface area contributed by atoms with Crippen molar-refractivity contribution in [3.8, 4) is 57.6 Å². The lowest BCUT2D eigenvalue weighted by molar-refractivity contribution is -0.142. The Labute approximate surface area is 749 Å². The molecule has 134 heavy (non-hydrogen) atoms. The maximum atomic E-state index is 13.0. The lowest BCUT2D eigenvalue weighted by atomic mass is 9.99. The Kier molecular flexibility index (Phi) is 27.6. The van der Waals surface area contributed by atoms with Gasteiger partial charge in [-0.1, -0.05) is 0 Å². The molecule has 5 aliphatic heterocycles. The second kappa shape index (κ2) is 39.6. The predicted octanol–water partition coefficient (Wildman–Crippen LogP) is 12.2. The van der Waals surface area contributed by atoms with Crippen molar-refractivity contribution in [2.24, 2.45) is 5.92 Å². The number of nitrogens with zero attached hydrogens (tertiary/aromatic N) is 30. The molecule has 50 heteroatoms. The molecule has 704 valence electrons. The van der Waals surface area contributed by atoms with Crippen molar-refractivity contribution in [1.82, 2.24) is 122 Å². The Morgan fingerprint density at radius 1 is 0.284 bits per heavy atom. The van der Waals surface area contributed by atoms with E-state index in [4.69, 9.17) is 0 Å². The molecule has 0 radical (unpaired) electrons. The van der Waals surface area contributed by atoms with Crippen LogP contribution in [0.2, 0.25) is 0 Å². The first-order chi connectivity index (χ1) is 64.2. The third-order valence-electron chi connectivity index (χ3n) is 22.9. The van der Waals surface area contributed by atoms with E-state index >= 15 is 0 Å². The zero-order valence-corrected chi connectivity index (χ0v) is 70.6. The molecule has 15 aromatic rings. The zero-order chi connectivity index (χ0) is 94.4. The molecule has 35 nitrogen and oxygen atoms in total. The van der Waals surface area contributed by atoms with Crippen LogP contribution in [0.3, 0.4) is 0 Å². The Morgan fingerprint density at radius 2 is 0.590 bits per heavy atom. The summed E-state index contributed by atoms with van der Waals surface area (Å²) in [4.78, 5) is 91.2. The Bertz CT molecular complexity index is 6560. The summed E-state index contributed by atoms with van der Waals surface area (Å²) in [6, 6.07) is 8.90. The Morgan fingerprint density at radius 3 is 0.910 bits per heavy atom. The zero-order valence-electron chi connectivity index (χ0n) is 70.6. The number of aromatic nitrogens is 25. The number of piperidine rings is 5. The van der Waals surface area contributed by atoms with Gasteiger partial charge in [-0.2, -0.15) is 65.9 Å². The van der Waals surface area contributed by atoms with Crippen molar-refractivity contribution in [1.29, 1.82) is 0 Å². The van der Waals surface area contributed by atoms with E-state index in [0.717, 1.165) is 152 Å². The van der Waals surface area contributed by atoms with Crippen LogP contribution in [0, 0.1) is 5.92 Å². The van der Waals surface area contributed by atoms with Gasteiger partial charge in [-0.15, -0.1) is 0 Å². The highest BCUT2D eigenvalue weighted by molar-refractivity contribution is 5.64. The number of hydrogen-bond acceptors (Lipinski definition) is 30. The van der Waals surface area contributed by atoms with Crippen LogP contribution in [0.15, 0.2) is 154 Å². The lowest BCUT2D eigenvalue weighted by Gasteiger charge is -2.36. The third kappa shape index (κ3) is 21.5. The monoisotopic (exact) mass is 1880 g/mol. The van der Waals surface area contributed by atoms with E-state index in [1.165, 1.54) is 53.0 Å². The summed E-state index contributed by atoms with van der Waals surface area (Å²) in [6.45, 7) is 5.84.